The molecule has 0 saturated heterocycles. The van der Waals surface area contributed by atoms with Gasteiger partial charge in [-0.25, -0.2) is 16.8 Å². The van der Waals surface area contributed by atoms with Crippen LogP contribution in [0.3, 0.4) is 0 Å². The Morgan fingerprint density at radius 2 is 1.16 bits per heavy atom. The molecule has 0 aliphatic rings. The zero-order chi connectivity index (χ0) is 32.3. The SMILES string of the molecule is NC(N)=[NH+]CCC[NH+]=C(N)N.O=C([O-])CS(=O)(=O)c1ccc(S(=O)(=O)c2ccccc2)cc1.OCCOc1ccccc1. The number of para-hydroxylation sites is 1. The van der Waals surface area contributed by atoms with Crippen LogP contribution in [0, 0.1) is 0 Å². The molecule has 0 atom stereocenters. The Kier molecular flexibility index (Phi) is 15.8. The van der Waals surface area contributed by atoms with Gasteiger partial charge in [-0.1, -0.05) is 36.4 Å². The maximum Gasteiger partial charge on any atom is 0.338 e. The quantitative estimate of drug-likeness (QED) is 0.0560. The van der Waals surface area contributed by atoms with Crippen molar-refractivity contribution in [3.05, 3.63) is 84.9 Å². The number of rotatable bonds is 12. The van der Waals surface area contributed by atoms with E-state index in [0.29, 0.717) is 19.7 Å². The van der Waals surface area contributed by atoms with Gasteiger partial charge < -0.3 is 19.7 Å². The molecular formula is C27H37N6O8S2+. The number of benzene rings is 3. The number of sulfone groups is 2. The van der Waals surface area contributed by atoms with E-state index in [9.17, 15) is 26.7 Å². The van der Waals surface area contributed by atoms with Crippen LogP contribution >= 0.6 is 0 Å². The lowest BCUT2D eigenvalue weighted by Gasteiger charge is -2.07. The van der Waals surface area contributed by atoms with E-state index in [0.717, 1.165) is 36.4 Å². The lowest BCUT2D eigenvalue weighted by Crippen LogP contribution is -2.82. The number of nitrogens with one attached hydrogen (secondary N) is 2. The number of carboxylic acid groups (broad SMARTS) is 1. The summed E-state index contributed by atoms with van der Waals surface area (Å²) in [4.78, 5) is 15.7. The third kappa shape index (κ3) is 14.7. The van der Waals surface area contributed by atoms with Gasteiger partial charge in [0, 0.05) is 6.42 Å². The van der Waals surface area contributed by atoms with Crippen molar-refractivity contribution in [1.29, 1.82) is 0 Å². The first-order valence-electron chi connectivity index (χ1n) is 12.6. The Hall–Kier alpha value is -4.67. The number of carbonyl (C=O) groups is 1. The molecule has 43 heavy (non-hydrogen) atoms. The van der Waals surface area contributed by atoms with Crippen molar-refractivity contribution in [1.82, 2.24) is 0 Å². The highest BCUT2D eigenvalue weighted by molar-refractivity contribution is 7.92. The zero-order valence-corrected chi connectivity index (χ0v) is 24.9. The topological polar surface area (TPSA) is 270 Å². The fourth-order valence-electron chi connectivity index (χ4n) is 3.03. The number of aliphatic carboxylic acids is 1. The Balaban J connectivity index is 0.000000368. The molecule has 0 radical (unpaired) electrons. The minimum Gasteiger partial charge on any atom is -0.549 e. The number of nitrogens with two attached hydrogens (primary N) is 4. The van der Waals surface area contributed by atoms with Crippen molar-refractivity contribution in [2.75, 3.05) is 32.1 Å². The second kappa shape index (κ2) is 18.7. The van der Waals surface area contributed by atoms with Gasteiger partial charge in [-0.2, -0.15) is 0 Å². The molecule has 0 aliphatic carbocycles. The number of ether oxygens (including phenoxy) is 1. The van der Waals surface area contributed by atoms with Gasteiger partial charge in [0.25, 0.3) is 0 Å². The van der Waals surface area contributed by atoms with Gasteiger partial charge in [0.2, 0.25) is 9.84 Å². The van der Waals surface area contributed by atoms with Crippen LogP contribution in [0.5, 0.6) is 5.75 Å². The Bertz CT molecular complexity index is 1510. The van der Waals surface area contributed by atoms with Crippen LogP contribution in [0.25, 0.3) is 0 Å². The van der Waals surface area contributed by atoms with Crippen molar-refractivity contribution in [2.45, 2.75) is 21.1 Å². The van der Waals surface area contributed by atoms with E-state index in [2.05, 4.69) is 9.98 Å². The van der Waals surface area contributed by atoms with Crippen molar-refractivity contribution in [2.24, 2.45) is 22.9 Å². The lowest BCUT2D eigenvalue weighted by molar-refractivity contribution is -0.492. The first-order valence-corrected chi connectivity index (χ1v) is 15.8. The molecule has 3 aromatic carbocycles. The standard InChI is InChI=1S/C14H12O6S2.C8H10O2.C5H14N6/c15-14(16)10-21(17,18)11-6-8-13(9-7-11)22(19,20)12-4-2-1-3-5-12;9-6-7-10-8-4-2-1-3-5-8;6-4(7)10-2-1-3-11-5(8)9/h1-9H,10H2,(H,15,16);1-5,9H,6-7H2;1-3H2,(H4,6,7,10)(H4,8,9,11)/p+1. The monoisotopic (exact) mass is 637 g/mol. The molecule has 0 amide bonds. The first-order chi connectivity index (χ1) is 20.3. The van der Waals surface area contributed by atoms with Crippen LogP contribution in [-0.4, -0.2) is 71.9 Å². The Morgan fingerprint density at radius 1 is 0.721 bits per heavy atom. The van der Waals surface area contributed by atoms with Crippen molar-refractivity contribution in [3.8, 4) is 5.75 Å². The van der Waals surface area contributed by atoms with Crippen LogP contribution in [0.15, 0.2) is 99.6 Å². The summed E-state index contributed by atoms with van der Waals surface area (Å²) in [6.45, 7) is 1.85. The molecule has 0 heterocycles. The number of aliphatic hydroxyl groups is 1. The number of aliphatic hydroxyl groups excluding tert-OH is 1. The smallest absolute Gasteiger partial charge is 0.338 e. The van der Waals surface area contributed by atoms with Crippen molar-refractivity contribution in [3.63, 3.8) is 0 Å². The minimum absolute atomic E-state index is 0.0644. The van der Waals surface area contributed by atoms with Gasteiger partial charge in [-0.3, -0.25) is 32.9 Å². The maximum absolute atomic E-state index is 12.3. The third-order valence-electron chi connectivity index (χ3n) is 4.97. The van der Waals surface area contributed by atoms with E-state index in [-0.39, 0.29) is 33.2 Å². The average molecular weight is 638 g/mol. The predicted octanol–water partition coefficient (Wildman–Crippen LogP) is -4.81. The first kappa shape index (κ1) is 36.4. The predicted molar refractivity (Wildman–Crippen MR) is 157 cm³/mol. The average Bonchev–Trinajstić information content (AvgIpc) is 2.97. The van der Waals surface area contributed by atoms with Crippen LogP contribution in [-0.2, 0) is 24.5 Å². The molecule has 14 nitrogen and oxygen atoms in total. The van der Waals surface area contributed by atoms with Crippen molar-refractivity contribution < 1.29 is 46.6 Å². The van der Waals surface area contributed by atoms with Crippen LogP contribution in [0.2, 0.25) is 0 Å². The molecule has 3 rings (SSSR count). The zero-order valence-electron chi connectivity index (χ0n) is 23.3. The largest absolute Gasteiger partial charge is 0.549 e. The lowest BCUT2D eigenvalue weighted by atomic mass is 10.3. The second-order valence-corrected chi connectivity index (χ2v) is 12.4. The van der Waals surface area contributed by atoms with Gasteiger partial charge in [-0.05, 0) is 48.5 Å². The highest BCUT2D eigenvalue weighted by atomic mass is 32.2. The summed E-state index contributed by atoms with van der Waals surface area (Å²) in [7, 11) is -7.79. The molecule has 0 bridgehead atoms. The van der Waals surface area contributed by atoms with E-state index in [1.54, 1.807) is 18.2 Å². The van der Waals surface area contributed by atoms with Gasteiger partial charge in [0.1, 0.15) is 12.4 Å². The van der Waals surface area contributed by atoms with Gasteiger partial charge in [-0.15, -0.1) is 0 Å². The van der Waals surface area contributed by atoms with E-state index in [1.807, 2.05) is 30.3 Å². The molecule has 234 valence electrons. The number of hydrogen-bond acceptors (Lipinski definition) is 8. The highest BCUT2D eigenvalue weighted by Crippen LogP contribution is 2.22. The van der Waals surface area contributed by atoms with Crippen LogP contribution in [0.4, 0.5) is 0 Å². The summed E-state index contributed by atoms with van der Waals surface area (Å²) in [6.07, 6.45) is 0.857. The van der Waals surface area contributed by atoms with E-state index in [1.165, 1.54) is 12.1 Å². The van der Waals surface area contributed by atoms with E-state index in [4.69, 9.17) is 32.8 Å². The highest BCUT2D eigenvalue weighted by Gasteiger charge is 2.20. The molecule has 0 aliphatic heterocycles. The Labute approximate surface area is 250 Å². The summed E-state index contributed by atoms with van der Waals surface area (Å²) >= 11 is 0. The number of carbonyl (C=O) groups excluding carboxylic acids is 1. The van der Waals surface area contributed by atoms with Crippen molar-refractivity contribution >= 4 is 37.6 Å². The van der Waals surface area contributed by atoms with E-state index < -0.39 is 31.4 Å². The molecule has 0 spiro atoms. The number of carboxylic acids is 1. The molecule has 0 aromatic heterocycles. The molecule has 16 heteroatoms. The van der Waals surface area contributed by atoms with Crippen LogP contribution in [0.1, 0.15) is 6.42 Å². The number of guanidine groups is 2. The van der Waals surface area contributed by atoms with E-state index >= 15 is 0 Å². The minimum atomic E-state index is -4.04. The molecule has 11 N–H and O–H groups in total. The summed E-state index contributed by atoms with van der Waals surface area (Å²) in [6, 6.07) is 21.5. The second-order valence-electron chi connectivity index (χ2n) is 8.42. The molecular weight excluding hydrogens is 600 g/mol. The maximum atomic E-state index is 12.3. The molecule has 0 saturated carbocycles. The summed E-state index contributed by atoms with van der Waals surface area (Å²) < 4.78 is 53.1. The molecule has 3 aromatic rings. The Morgan fingerprint density at radius 3 is 1.60 bits per heavy atom. The summed E-state index contributed by atoms with van der Waals surface area (Å²) in [5, 5.41) is 18.8. The number of hydrogen-bond donors (Lipinski definition) is 7. The molecule has 0 unspecified atom stereocenters. The fraction of sp³-hybridized carbons (Fsp3) is 0.222. The summed E-state index contributed by atoms with van der Waals surface area (Å²) in [5.74, 6) is -1.61. The van der Waals surface area contributed by atoms with Gasteiger partial charge >= 0.3 is 11.9 Å². The third-order valence-corrected chi connectivity index (χ3v) is 8.36. The normalized spacial score (nSPS) is 10.5. The van der Waals surface area contributed by atoms with Gasteiger partial charge in [0.15, 0.2) is 9.84 Å². The van der Waals surface area contributed by atoms with Gasteiger partial charge in [0.05, 0.1) is 46.1 Å². The molecule has 0 fully saturated rings. The summed E-state index contributed by atoms with van der Waals surface area (Å²) in [5.41, 5.74) is 20.6. The van der Waals surface area contributed by atoms with Crippen LogP contribution < -0.4 is 42.8 Å². The fourth-order valence-corrected chi connectivity index (χ4v) is 5.34.